The summed E-state index contributed by atoms with van der Waals surface area (Å²) in [6.45, 7) is 2.91. The molecule has 2 aliphatic heterocycles. The van der Waals surface area contributed by atoms with E-state index in [2.05, 4.69) is 5.32 Å². The van der Waals surface area contributed by atoms with Crippen molar-refractivity contribution < 1.29 is 32.0 Å². The van der Waals surface area contributed by atoms with Gasteiger partial charge >= 0.3 is 0 Å². The van der Waals surface area contributed by atoms with Gasteiger partial charge in [0.2, 0.25) is 17.3 Å². The van der Waals surface area contributed by atoms with Crippen molar-refractivity contribution in [1.82, 2.24) is 5.32 Å². The number of benzene rings is 1. The average molecular weight is 453 g/mol. The molecule has 4 aliphatic rings. The van der Waals surface area contributed by atoms with E-state index in [1.807, 2.05) is 6.92 Å². The first-order valence-corrected chi connectivity index (χ1v) is 12.1. The predicted octanol–water partition coefficient (Wildman–Crippen LogP) is 2.05. The molecule has 1 aromatic carbocycles. The largest absolute Gasteiger partial charge is 0.460 e. The van der Waals surface area contributed by atoms with Crippen LogP contribution in [0.4, 0.5) is 0 Å². The van der Waals surface area contributed by atoms with E-state index < -0.39 is 31.7 Å². The second-order valence-electron chi connectivity index (χ2n) is 8.83. The summed E-state index contributed by atoms with van der Waals surface area (Å²) in [5.41, 5.74) is 1.68. The van der Waals surface area contributed by atoms with E-state index in [0.29, 0.717) is 30.8 Å². The number of furan rings is 1. The Balaban J connectivity index is 1.63. The molecule has 0 radical (unpaired) electrons. The van der Waals surface area contributed by atoms with Gasteiger partial charge in [0.25, 0.3) is 0 Å². The van der Waals surface area contributed by atoms with Gasteiger partial charge < -0.3 is 14.5 Å². The number of hydrogen-bond donors (Lipinski definition) is 1. The van der Waals surface area contributed by atoms with Gasteiger partial charge in [0, 0.05) is 46.4 Å². The Bertz CT molecular complexity index is 1410. The molecule has 1 unspecified atom stereocenters. The molecule has 8 nitrogen and oxygen atoms in total. The van der Waals surface area contributed by atoms with Gasteiger partial charge in [-0.2, -0.15) is 0 Å². The molecule has 32 heavy (non-hydrogen) atoms. The number of fused-ring (bicyclic) bond motifs is 3. The van der Waals surface area contributed by atoms with Crippen LogP contribution in [-0.2, 0) is 26.6 Å². The summed E-state index contributed by atoms with van der Waals surface area (Å²) in [6, 6.07) is 2.99. The Labute approximate surface area is 183 Å². The van der Waals surface area contributed by atoms with Crippen LogP contribution in [0.2, 0.25) is 0 Å². The number of carbonyl (C=O) groups is 3. The van der Waals surface area contributed by atoms with Gasteiger partial charge in [-0.25, -0.2) is 8.42 Å². The first-order valence-electron chi connectivity index (χ1n) is 10.5. The minimum atomic E-state index is -3.87. The molecular weight excluding hydrogens is 434 g/mol. The Morgan fingerprint density at radius 1 is 1.03 bits per heavy atom. The van der Waals surface area contributed by atoms with E-state index in [1.54, 1.807) is 6.07 Å². The van der Waals surface area contributed by atoms with Crippen molar-refractivity contribution >= 4 is 27.2 Å². The van der Waals surface area contributed by atoms with E-state index in [-0.39, 0.29) is 40.7 Å². The number of carbonyl (C=O) groups excluding carboxylic acids is 3. The smallest absolute Gasteiger partial charge is 0.228 e. The van der Waals surface area contributed by atoms with Crippen LogP contribution in [0.1, 0.15) is 73.3 Å². The fourth-order valence-corrected chi connectivity index (χ4v) is 6.90. The van der Waals surface area contributed by atoms with Crippen molar-refractivity contribution in [2.24, 2.45) is 0 Å². The molecule has 0 bridgehead atoms. The molecule has 1 atom stereocenters. The van der Waals surface area contributed by atoms with Gasteiger partial charge in [0.15, 0.2) is 15.6 Å². The average Bonchev–Trinajstić information content (AvgIpc) is 3.17. The highest BCUT2D eigenvalue weighted by atomic mass is 32.2. The lowest BCUT2D eigenvalue weighted by molar-refractivity contribution is 0.0967. The van der Waals surface area contributed by atoms with Gasteiger partial charge in [-0.05, 0) is 30.5 Å². The number of sulfone groups is 1. The number of allylic oxidation sites excluding steroid dienone is 2. The second-order valence-corrected chi connectivity index (χ2v) is 10.9. The molecule has 0 saturated heterocycles. The quantitative estimate of drug-likeness (QED) is 0.644. The SMILES string of the molecule is CC12CCCOCc3coc(c31)C(=O)c1cc3c(cc12)C(=O)C1=C(NCCS1(=O)=O)C3=O. The summed E-state index contributed by atoms with van der Waals surface area (Å²) in [4.78, 5) is 39.4. The predicted molar refractivity (Wildman–Crippen MR) is 111 cm³/mol. The van der Waals surface area contributed by atoms with Crippen LogP contribution in [0.5, 0.6) is 0 Å². The molecule has 1 N–H and O–H groups in total. The Morgan fingerprint density at radius 3 is 2.62 bits per heavy atom. The maximum atomic E-state index is 13.4. The van der Waals surface area contributed by atoms with Crippen LogP contribution in [-0.4, -0.2) is 44.7 Å². The molecule has 0 saturated carbocycles. The van der Waals surface area contributed by atoms with Gasteiger partial charge in [-0.15, -0.1) is 0 Å². The zero-order chi connectivity index (χ0) is 22.4. The van der Waals surface area contributed by atoms with E-state index in [1.165, 1.54) is 12.3 Å². The Morgan fingerprint density at radius 2 is 1.81 bits per heavy atom. The van der Waals surface area contributed by atoms with E-state index in [0.717, 1.165) is 17.5 Å². The summed E-state index contributed by atoms with van der Waals surface area (Å²) in [5.74, 6) is -1.66. The van der Waals surface area contributed by atoms with Crippen molar-refractivity contribution in [3.63, 3.8) is 0 Å². The van der Waals surface area contributed by atoms with Crippen molar-refractivity contribution in [3.05, 3.63) is 68.1 Å². The lowest BCUT2D eigenvalue weighted by atomic mass is 9.64. The fourth-order valence-electron chi connectivity index (χ4n) is 5.46. The van der Waals surface area contributed by atoms with E-state index in [9.17, 15) is 22.8 Å². The monoisotopic (exact) mass is 453 g/mol. The van der Waals surface area contributed by atoms with E-state index in [4.69, 9.17) is 9.15 Å². The molecule has 9 heteroatoms. The summed E-state index contributed by atoms with van der Waals surface area (Å²) in [6.07, 6.45) is 2.90. The fraction of sp³-hybridized carbons (Fsp3) is 0.348. The molecular formula is C23H19NO7S. The Kier molecular flexibility index (Phi) is 3.84. The van der Waals surface area contributed by atoms with Gasteiger partial charge in [0.05, 0.1) is 18.6 Å². The lowest BCUT2D eigenvalue weighted by Crippen LogP contribution is -2.42. The molecule has 6 rings (SSSR count). The van der Waals surface area contributed by atoms with E-state index >= 15 is 0 Å². The topological polar surface area (TPSA) is 120 Å². The number of ketones is 3. The van der Waals surface area contributed by atoms with Crippen molar-refractivity contribution in [2.45, 2.75) is 31.8 Å². The van der Waals surface area contributed by atoms with Crippen molar-refractivity contribution in [1.29, 1.82) is 0 Å². The third-order valence-electron chi connectivity index (χ3n) is 6.98. The maximum Gasteiger partial charge on any atom is 0.228 e. The number of ether oxygens (including phenoxy) is 1. The first kappa shape index (κ1) is 19.6. The maximum absolute atomic E-state index is 13.4. The van der Waals surface area contributed by atoms with Crippen LogP contribution in [0.25, 0.3) is 0 Å². The molecule has 0 spiro atoms. The molecule has 164 valence electrons. The summed E-state index contributed by atoms with van der Waals surface area (Å²) in [5, 5.41) is 2.77. The van der Waals surface area contributed by atoms with Crippen LogP contribution in [0.3, 0.4) is 0 Å². The van der Waals surface area contributed by atoms with Gasteiger partial charge in [0.1, 0.15) is 10.6 Å². The van der Waals surface area contributed by atoms with Crippen LogP contribution >= 0.6 is 0 Å². The molecule has 1 aromatic heterocycles. The van der Waals surface area contributed by atoms with Gasteiger partial charge in [-0.3, -0.25) is 14.4 Å². The zero-order valence-corrected chi connectivity index (χ0v) is 18.1. The standard InChI is InChI=1S/C23H19NO7S/c1-23-3-2-5-30-9-11-10-31-21(16(11)23)19(26)14-7-12-13(8-15(14)23)20(27)22-17(18(12)25)24-4-6-32(22,28)29/h7-8,10,24H,2-6,9H2,1H3. The van der Waals surface area contributed by atoms with Crippen molar-refractivity contribution in [3.8, 4) is 0 Å². The molecule has 0 amide bonds. The highest BCUT2D eigenvalue weighted by Crippen LogP contribution is 2.49. The summed E-state index contributed by atoms with van der Waals surface area (Å²) >= 11 is 0. The minimum Gasteiger partial charge on any atom is -0.460 e. The third-order valence-corrected chi connectivity index (χ3v) is 8.73. The second kappa shape index (κ2) is 6.26. The number of nitrogens with one attached hydrogen (secondary N) is 1. The normalized spacial score (nSPS) is 25.7. The van der Waals surface area contributed by atoms with Gasteiger partial charge in [-0.1, -0.05) is 6.92 Å². The number of Topliss-reactive ketones (excluding diaryl/α,β-unsaturated/α-hetero) is 2. The molecule has 0 fully saturated rings. The Hall–Kier alpha value is -3.04. The molecule has 2 aromatic rings. The summed E-state index contributed by atoms with van der Waals surface area (Å²) < 4.78 is 36.6. The summed E-state index contributed by atoms with van der Waals surface area (Å²) in [7, 11) is -3.87. The highest BCUT2D eigenvalue weighted by Gasteiger charge is 2.48. The minimum absolute atomic E-state index is 0.0283. The number of hydrogen-bond acceptors (Lipinski definition) is 8. The lowest BCUT2D eigenvalue weighted by Gasteiger charge is -2.38. The van der Waals surface area contributed by atoms with Crippen LogP contribution in [0, 0.1) is 0 Å². The third kappa shape index (κ3) is 2.35. The van der Waals surface area contributed by atoms with Crippen LogP contribution < -0.4 is 5.32 Å². The highest BCUT2D eigenvalue weighted by molar-refractivity contribution is 7.96. The molecule has 3 heterocycles. The number of rotatable bonds is 0. The first-order chi connectivity index (χ1) is 15.2. The van der Waals surface area contributed by atoms with Crippen LogP contribution in [0.15, 0.2) is 33.4 Å². The zero-order valence-electron chi connectivity index (χ0n) is 17.2. The van der Waals surface area contributed by atoms with Crippen molar-refractivity contribution in [2.75, 3.05) is 18.9 Å². The molecule has 2 aliphatic carbocycles.